The molecule has 0 saturated carbocycles. The second kappa shape index (κ2) is 7.38. The summed E-state index contributed by atoms with van der Waals surface area (Å²) in [6, 6.07) is 11.4. The van der Waals surface area contributed by atoms with Crippen LogP contribution in [0.5, 0.6) is 0 Å². The zero-order chi connectivity index (χ0) is 19.6. The van der Waals surface area contributed by atoms with Crippen LogP contribution in [0.15, 0.2) is 36.5 Å². The Balaban J connectivity index is 2.00. The highest BCUT2D eigenvalue weighted by Crippen LogP contribution is 2.27. The summed E-state index contributed by atoms with van der Waals surface area (Å²) in [5, 5.41) is 13.4. The van der Waals surface area contributed by atoms with Crippen molar-refractivity contribution in [3.8, 4) is 6.07 Å². The number of anilines is 3. The molecular weight excluding hydrogens is 340 g/mol. The van der Waals surface area contributed by atoms with Crippen molar-refractivity contribution < 1.29 is 4.79 Å². The summed E-state index contributed by atoms with van der Waals surface area (Å²) in [7, 11) is 0. The first kappa shape index (κ1) is 18.3. The molecule has 0 aliphatic rings. The van der Waals surface area contributed by atoms with Gasteiger partial charge in [0, 0.05) is 42.1 Å². The minimum Gasteiger partial charge on any atom is -0.384 e. The Bertz CT molecular complexity index is 1040. The molecule has 7 nitrogen and oxygen atoms in total. The van der Waals surface area contributed by atoms with Crippen molar-refractivity contribution in [1.29, 1.82) is 5.26 Å². The number of nitrogens with one attached hydrogen (secondary N) is 1. The number of hydrogen-bond donors (Lipinski definition) is 2. The van der Waals surface area contributed by atoms with Crippen LogP contribution in [-0.4, -0.2) is 33.6 Å². The Hall–Kier alpha value is -3.53. The number of amides is 1. The van der Waals surface area contributed by atoms with Gasteiger partial charge in [0.2, 0.25) is 0 Å². The van der Waals surface area contributed by atoms with Crippen LogP contribution in [0.3, 0.4) is 0 Å². The molecule has 3 aromatic rings. The van der Waals surface area contributed by atoms with Gasteiger partial charge in [-0.05, 0) is 45.0 Å². The minimum atomic E-state index is -0.0260. The third-order valence-electron chi connectivity index (χ3n) is 4.54. The summed E-state index contributed by atoms with van der Waals surface area (Å²) in [6.07, 6.45) is 1.44. The minimum absolute atomic E-state index is 0.0260. The molecule has 2 heterocycles. The van der Waals surface area contributed by atoms with Crippen molar-refractivity contribution in [3.05, 3.63) is 47.8 Å². The topological polar surface area (TPSA) is 100.0 Å². The number of benzene rings is 1. The predicted molar refractivity (Wildman–Crippen MR) is 107 cm³/mol. The molecule has 0 fully saturated rings. The number of hydrogen-bond acceptors (Lipinski definition) is 5. The molecule has 1 aromatic carbocycles. The molecule has 2 aromatic heterocycles. The van der Waals surface area contributed by atoms with Crippen molar-refractivity contribution in [2.75, 3.05) is 24.1 Å². The zero-order valence-electron chi connectivity index (χ0n) is 15.7. The van der Waals surface area contributed by atoms with E-state index in [1.165, 1.54) is 6.20 Å². The Labute approximate surface area is 158 Å². The van der Waals surface area contributed by atoms with E-state index in [2.05, 4.69) is 16.4 Å². The number of nitrogen functional groups attached to an aromatic ring is 1. The lowest BCUT2D eigenvalue weighted by Crippen LogP contribution is -2.34. The van der Waals surface area contributed by atoms with Gasteiger partial charge >= 0.3 is 6.03 Å². The Morgan fingerprint density at radius 1 is 1.30 bits per heavy atom. The number of carbonyl (C=O) groups excluding carboxylic acids is 1. The highest BCUT2D eigenvalue weighted by atomic mass is 16.2. The van der Waals surface area contributed by atoms with Gasteiger partial charge in [-0.25, -0.2) is 9.78 Å². The van der Waals surface area contributed by atoms with E-state index < -0.39 is 0 Å². The van der Waals surface area contributed by atoms with E-state index in [0.717, 1.165) is 22.3 Å². The number of aryl methyl sites for hydroxylation is 1. The van der Waals surface area contributed by atoms with Gasteiger partial charge in [-0.1, -0.05) is 0 Å². The van der Waals surface area contributed by atoms with E-state index in [4.69, 9.17) is 5.73 Å². The van der Waals surface area contributed by atoms with Gasteiger partial charge in [0.15, 0.2) is 0 Å². The summed E-state index contributed by atoms with van der Waals surface area (Å²) < 4.78 is 1.73. The number of aromatic nitrogens is 2. The fourth-order valence-corrected chi connectivity index (χ4v) is 3.14. The smallest absolute Gasteiger partial charge is 0.328 e. The van der Waals surface area contributed by atoms with Crippen LogP contribution in [0.25, 0.3) is 10.9 Å². The molecule has 3 N–H and O–H groups in total. The van der Waals surface area contributed by atoms with E-state index >= 15 is 0 Å². The summed E-state index contributed by atoms with van der Waals surface area (Å²) >= 11 is 0. The maximum absolute atomic E-state index is 12.8. The summed E-state index contributed by atoms with van der Waals surface area (Å²) in [4.78, 5) is 18.5. The van der Waals surface area contributed by atoms with Gasteiger partial charge in [-0.15, -0.1) is 0 Å². The number of fused-ring (bicyclic) bond motifs is 1. The lowest BCUT2D eigenvalue weighted by Gasteiger charge is -2.20. The standard InChI is InChI=1S/C20H22N6O/c1-4-25(5-2)20(27)26-13(3)8-14-9-16(6-7-18(14)26)24-17-10-19(22)23-12-15(17)11-21/h6-10,12H,4-5H2,1-3H3,(H3,22,23,24). The molecule has 0 aliphatic heterocycles. The van der Waals surface area contributed by atoms with E-state index in [0.29, 0.717) is 30.2 Å². The van der Waals surface area contributed by atoms with Gasteiger partial charge in [0.25, 0.3) is 0 Å². The average molecular weight is 362 g/mol. The van der Waals surface area contributed by atoms with Crippen LogP contribution in [0.2, 0.25) is 0 Å². The van der Waals surface area contributed by atoms with Crippen LogP contribution < -0.4 is 11.1 Å². The molecule has 0 aliphatic carbocycles. The molecule has 0 bridgehead atoms. The normalized spacial score (nSPS) is 10.6. The van der Waals surface area contributed by atoms with Crippen LogP contribution in [-0.2, 0) is 0 Å². The van der Waals surface area contributed by atoms with E-state index in [1.54, 1.807) is 15.5 Å². The second-order valence-corrected chi connectivity index (χ2v) is 6.24. The van der Waals surface area contributed by atoms with Crippen molar-refractivity contribution in [2.45, 2.75) is 20.8 Å². The SMILES string of the molecule is CCN(CC)C(=O)n1c(C)cc2cc(Nc3cc(N)ncc3C#N)ccc21. The summed E-state index contributed by atoms with van der Waals surface area (Å²) in [6.45, 7) is 7.18. The number of nitrogens with zero attached hydrogens (tertiary/aromatic N) is 4. The van der Waals surface area contributed by atoms with Gasteiger partial charge in [-0.3, -0.25) is 4.57 Å². The third-order valence-corrected chi connectivity index (χ3v) is 4.54. The van der Waals surface area contributed by atoms with E-state index in [9.17, 15) is 10.1 Å². The first-order chi connectivity index (χ1) is 13.0. The maximum atomic E-state index is 12.8. The molecule has 27 heavy (non-hydrogen) atoms. The van der Waals surface area contributed by atoms with Crippen LogP contribution in [0.4, 0.5) is 22.0 Å². The van der Waals surface area contributed by atoms with Crippen molar-refractivity contribution in [3.63, 3.8) is 0 Å². The highest BCUT2D eigenvalue weighted by Gasteiger charge is 2.17. The van der Waals surface area contributed by atoms with Gasteiger partial charge < -0.3 is 16.0 Å². The molecule has 0 saturated heterocycles. The van der Waals surface area contributed by atoms with Crippen molar-refractivity contribution in [1.82, 2.24) is 14.5 Å². The quantitative estimate of drug-likeness (QED) is 0.734. The molecule has 0 radical (unpaired) electrons. The Morgan fingerprint density at radius 3 is 2.70 bits per heavy atom. The van der Waals surface area contributed by atoms with Gasteiger partial charge in [0.1, 0.15) is 11.9 Å². The fraction of sp³-hybridized carbons (Fsp3) is 0.250. The fourth-order valence-electron chi connectivity index (χ4n) is 3.14. The molecular formula is C20H22N6O. The van der Waals surface area contributed by atoms with Crippen LogP contribution in [0, 0.1) is 18.3 Å². The zero-order valence-corrected chi connectivity index (χ0v) is 15.7. The molecule has 0 atom stereocenters. The van der Waals surface area contributed by atoms with E-state index in [1.807, 2.05) is 45.0 Å². The lowest BCUT2D eigenvalue weighted by molar-refractivity contribution is 0.205. The van der Waals surface area contributed by atoms with Gasteiger partial charge in [-0.2, -0.15) is 5.26 Å². The van der Waals surface area contributed by atoms with Gasteiger partial charge in [0.05, 0.1) is 16.8 Å². The Morgan fingerprint density at radius 2 is 2.04 bits per heavy atom. The second-order valence-electron chi connectivity index (χ2n) is 6.24. The first-order valence-electron chi connectivity index (χ1n) is 8.82. The predicted octanol–water partition coefficient (Wildman–Crippen LogP) is 3.85. The number of nitriles is 1. The van der Waals surface area contributed by atoms with Crippen molar-refractivity contribution >= 4 is 34.1 Å². The maximum Gasteiger partial charge on any atom is 0.328 e. The average Bonchev–Trinajstić information content (AvgIpc) is 2.97. The molecule has 0 spiro atoms. The molecule has 1 amide bonds. The number of nitrogens with two attached hydrogens (primary N) is 1. The van der Waals surface area contributed by atoms with E-state index in [-0.39, 0.29) is 6.03 Å². The van der Waals surface area contributed by atoms with Crippen LogP contribution in [0.1, 0.15) is 25.1 Å². The third kappa shape index (κ3) is 3.42. The monoisotopic (exact) mass is 362 g/mol. The first-order valence-corrected chi connectivity index (χ1v) is 8.82. The summed E-state index contributed by atoms with van der Waals surface area (Å²) in [5.74, 6) is 0.337. The largest absolute Gasteiger partial charge is 0.384 e. The molecule has 0 unspecified atom stereocenters. The van der Waals surface area contributed by atoms with Crippen molar-refractivity contribution in [2.24, 2.45) is 0 Å². The number of pyridine rings is 1. The summed E-state index contributed by atoms with van der Waals surface area (Å²) in [5.41, 5.74) is 9.27. The molecule has 3 rings (SSSR count). The molecule has 138 valence electrons. The lowest BCUT2D eigenvalue weighted by atomic mass is 10.2. The number of rotatable bonds is 4. The van der Waals surface area contributed by atoms with Crippen LogP contribution >= 0.6 is 0 Å². The highest BCUT2D eigenvalue weighted by molar-refractivity contribution is 5.94. The Kier molecular flexibility index (Phi) is 4.99. The number of carbonyl (C=O) groups is 1. The molecule has 7 heteroatoms.